The first-order chi connectivity index (χ1) is 7.78. The second kappa shape index (κ2) is 10.7. The first-order valence-electron chi connectivity index (χ1n) is 6.39. The van der Waals surface area contributed by atoms with Crippen molar-refractivity contribution in [2.24, 2.45) is 4.99 Å². The molecule has 0 rings (SSSR count). The molecule has 0 aliphatic carbocycles. The fraction of sp³-hybridized carbons (Fsp3) is 0.917. The van der Waals surface area contributed by atoms with Crippen LogP contribution in [0.25, 0.3) is 0 Å². The Morgan fingerprint density at radius 2 is 1.75 bits per heavy atom. The molecule has 0 amide bonds. The summed E-state index contributed by atoms with van der Waals surface area (Å²) in [4.78, 5) is 6.61. The average Bonchev–Trinajstić information content (AvgIpc) is 2.30. The molecule has 0 aromatic carbocycles. The minimum Gasteiger partial charge on any atom is -0.359 e. The maximum absolute atomic E-state index is 4.08. The largest absolute Gasteiger partial charge is 0.359 e. The number of rotatable bonds is 8. The Labute approximate surface area is 101 Å². The smallest absolute Gasteiger partial charge is 0.190 e. The highest BCUT2D eigenvalue weighted by molar-refractivity contribution is 5.79. The fourth-order valence-corrected chi connectivity index (χ4v) is 1.76. The van der Waals surface area contributed by atoms with Crippen LogP contribution in [0.4, 0.5) is 0 Å². The van der Waals surface area contributed by atoms with Gasteiger partial charge in [0.25, 0.3) is 0 Å². The Balaban J connectivity index is 3.60. The van der Waals surface area contributed by atoms with Gasteiger partial charge in [0.1, 0.15) is 0 Å². The van der Waals surface area contributed by atoms with Gasteiger partial charge in [-0.2, -0.15) is 0 Å². The molecule has 0 saturated carbocycles. The molecule has 0 aliphatic rings. The van der Waals surface area contributed by atoms with E-state index in [0.717, 1.165) is 12.5 Å². The van der Waals surface area contributed by atoms with Crippen LogP contribution in [0.3, 0.4) is 0 Å². The van der Waals surface area contributed by atoms with Crippen LogP contribution in [0.2, 0.25) is 0 Å². The van der Waals surface area contributed by atoms with Gasteiger partial charge in [-0.25, -0.2) is 0 Å². The summed E-state index contributed by atoms with van der Waals surface area (Å²) < 4.78 is 0. The van der Waals surface area contributed by atoms with Crippen molar-refractivity contribution in [1.82, 2.24) is 15.5 Å². The Morgan fingerprint density at radius 1 is 1.12 bits per heavy atom. The van der Waals surface area contributed by atoms with Gasteiger partial charge in [-0.05, 0) is 38.9 Å². The summed E-state index contributed by atoms with van der Waals surface area (Å²) in [6, 6.07) is 0. The lowest BCUT2D eigenvalue weighted by molar-refractivity contribution is 0.271. The van der Waals surface area contributed by atoms with E-state index in [4.69, 9.17) is 0 Å². The second-order valence-electron chi connectivity index (χ2n) is 3.94. The van der Waals surface area contributed by atoms with Crippen LogP contribution in [0, 0.1) is 0 Å². The molecular formula is C12H28N4. The number of nitrogens with zero attached hydrogens (tertiary/aromatic N) is 2. The lowest BCUT2D eigenvalue weighted by atomic mass is 10.3. The van der Waals surface area contributed by atoms with E-state index in [1.165, 1.54) is 38.9 Å². The van der Waals surface area contributed by atoms with Gasteiger partial charge in [-0.1, -0.05) is 13.8 Å². The Kier molecular flexibility index (Phi) is 10.2. The van der Waals surface area contributed by atoms with Crippen molar-refractivity contribution in [2.45, 2.75) is 33.1 Å². The van der Waals surface area contributed by atoms with E-state index in [1.807, 2.05) is 7.05 Å². The first kappa shape index (κ1) is 15.2. The van der Waals surface area contributed by atoms with Crippen LogP contribution >= 0.6 is 0 Å². The molecule has 0 atom stereocenters. The third kappa shape index (κ3) is 7.51. The maximum atomic E-state index is 4.08. The lowest BCUT2D eigenvalue weighted by Gasteiger charge is -2.21. The molecule has 2 N–H and O–H groups in total. The number of aliphatic imine (C=N–C) groups is 1. The molecule has 0 aromatic heterocycles. The highest BCUT2D eigenvalue weighted by atomic mass is 15.2. The molecule has 16 heavy (non-hydrogen) atoms. The molecular weight excluding hydrogens is 200 g/mol. The van der Waals surface area contributed by atoms with E-state index in [2.05, 4.69) is 34.4 Å². The Hall–Kier alpha value is -0.770. The highest BCUT2D eigenvalue weighted by Gasteiger charge is 2.01. The summed E-state index contributed by atoms with van der Waals surface area (Å²) >= 11 is 0. The molecule has 96 valence electrons. The van der Waals surface area contributed by atoms with Gasteiger partial charge in [-0.3, -0.25) is 4.99 Å². The van der Waals surface area contributed by atoms with Crippen molar-refractivity contribution in [3.63, 3.8) is 0 Å². The van der Waals surface area contributed by atoms with Crippen LogP contribution in [0.5, 0.6) is 0 Å². The molecule has 4 heteroatoms. The quantitative estimate of drug-likeness (QED) is 0.374. The molecule has 0 saturated heterocycles. The van der Waals surface area contributed by atoms with Crippen molar-refractivity contribution in [3.8, 4) is 0 Å². The molecule has 0 radical (unpaired) electrons. The van der Waals surface area contributed by atoms with E-state index in [0.29, 0.717) is 0 Å². The van der Waals surface area contributed by atoms with Crippen LogP contribution in [-0.4, -0.2) is 51.1 Å². The summed E-state index contributed by atoms with van der Waals surface area (Å²) in [6.07, 6.45) is 3.65. The van der Waals surface area contributed by atoms with Gasteiger partial charge in [0.15, 0.2) is 5.96 Å². The third-order valence-electron chi connectivity index (χ3n) is 2.48. The van der Waals surface area contributed by atoms with E-state index >= 15 is 0 Å². The first-order valence-corrected chi connectivity index (χ1v) is 6.39. The number of hydrogen-bond acceptors (Lipinski definition) is 2. The fourth-order valence-electron chi connectivity index (χ4n) is 1.76. The topological polar surface area (TPSA) is 39.7 Å². The van der Waals surface area contributed by atoms with Gasteiger partial charge in [0, 0.05) is 20.6 Å². The number of hydrogen-bond donors (Lipinski definition) is 2. The van der Waals surface area contributed by atoms with Crippen LogP contribution < -0.4 is 10.6 Å². The summed E-state index contributed by atoms with van der Waals surface area (Å²) in [7, 11) is 3.68. The van der Waals surface area contributed by atoms with E-state index in [9.17, 15) is 0 Å². The van der Waals surface area contributed by atoms with E-state index in [-0.39, 0.29) is 0 Å². The monoisotopic (exact) mass is 228 g/mol. The van der Waals surface area contributed by atoms with Crippen molar-refractivity contribution in [3.05, 3.63) is 0 Å². The van der Waals surface area contributed by atoms with Crippen molar-refractivity contribution >= 4 is 5.96 Å². The number of nitrogens with one attached hydrogen (secondary N) is 2. The second-order valence-corrected chi connectivity index (χ2v) is 3.94. The van der Waals surface area contributed by atoms with Crippen molar-refractivity contribution in [2.75, 3.05) is 40.3 Å². The summed E-state index contributed by atoms with van der Waals surface area (Å²) in [5.41, 5.74) is 0. The van der Waals surface area contributed by atoms with Crippen LogP contribution in [0.1, 0.15) is 33.1 Å². The average molecular weight is 228 g/mol. The van der Waals surface area contributed by atoms with E-state index in [1.54, 1.807) is 7.05 Å². The SMILES string of the molecule is CCCN(CCC)CCCNC(=NC)NC. The maximum Gasteiger partial charge on any atom is 0.190 e. The zero-order chi connectivity index (χ0) is 12.2. The molecule has 0 bridgehead atoms. The molecule has 0 heterocycles. The predicted octanol–water partition coefficient (Wildman–Crippen LogP) is 1.29. The molecule has 0 fully saturated rings. The van der Waals surface area contributed by atoms with Crippen molar-refractivity contribution < 1.29 is 0 Å². The molecule has 0 unspecified atom stereocenters. The predicted molar refractivity (Wildman–Crippen MR) is 72.1 cm³/mol. The van der Waals surface area contributed by atoms with Gasteiger partial charge in [0.05, 0.1) is 0 Å². The van der Waals surface area contributed by atoms with Gasteiger partial charge < -0.3 is 15.5 Å². The van der Waals surface area contributed by atoms with E-state index < -0.39 is 0 Å². The van der Waals surface area contributed by atoms with Gasteiger partial charge >= 0.3 is 0 Å². The third-order valence-corrected chi connectivity index (χ3v) is 2.48. The van der Waals surface area contributed by atoms with Crippen LogP contribution in [-0.2, 0) is 0 Å². The summed E-state index contributed by atoms with van der Waals surface area (Å²) in [5.74, 6) is 0.873. The Morgan fingerprint density at radius 3 is 2.19 bits per heavy atom. The minimum atomic E-state index is 0.873. The standard InChI is InChI=1S/C12H28N4/c1-5-9-16(10-6-2)11-7-8-15-12(13-3)14-4/h5-11H2,1-4H3,(H2,13,14,15). The number of guanidine groups is 1. The molecule has 0 spiro atoms. The lowest BCUT2D eigenvalue weighted by Crippen LogP contribution is -2.36. The van der Waals surface area contributed by atoms with Crippen LogP contribution in [0.15, 0.2) is 4.99 Å². The zero-order valence-corrected chi connectivity index (χ0v) is 11.3. The molecule has 0 aliphatic heterocycles. The van der Waals surface area contributed by atoms with Gasteiger partial charge in [-0.15, -0.1) is 0 Å². The molecule has 0 aromatic rings. The van der Waals surface area contributed by atoms with Crippen molar-refractivity contribution in [1.29, 1.82) is 0 Å². The van der Waals surface area contributed by atoms with Gasteiger partial charge in [0.2, 0.25) is 0 Å². The highest BCUT2D eigenvalue weighted by Crippen LogP contribution is 1.95. The summed E-state index contributed by atoms with van der Waals surface area (Å²) in [6.45, 7) is 9.07. The zero-order valence-electron chi connectivity index (χ0n) is 11.3. The Bertz CT molecular complexity index is 174. The summed E-state index contributed by atoms with van der Waals surface area (Å²) in [5, 5.41) is 6.29. The molecule has 4 nitrogen and oxygen atoms in total. The minimum absolute atomic E-state index is 0.873. The normalized spacial score (nSPS) is 11.9.